The van der Waals surface area contributed by atoms with E-state index >= 15 is 0 Å². The Bertz CT molecular complexity index is 546. The molecule has 1 aliphatic heterocycles. The second-order valence-electron chi connectivity index (χ2n) is 5.38. The summed E-state index contributed by atoms with van der Waals surface area (Å²) >= 11 is 0.475. The van der Waals surface area contributed by atoms with Crippen LogP contribution in [0.15, 0.2) is 29.2 Å². The number of quaternary nitrogens is 1. The molecule has 2 N–H and O–H groups in total. The number of hydrogen-bond acceptors (Lipinski definition) is 3. The van der Waals surface area contributed by atoms with Crippen LogP contribution >= 0.6 is 11.8 Å². The molecule has 0 radical (unpaired) electrons. The molecule has 5 nitrogen and oxygen atoms in total. The Balaban J connectivity index is 1.78. The molecule has 0 unspecified atom stereocenters. The van der Waals surface area contributed by atoms with Crippen molar-refractivity contribution in [2.45, 2.75) is 17.6 Å². The Hall–Kier alpha value is -1.67. The van der Waals surface area contributed by atoms with Gasteiger partial charge in [-0.05, 0) is 24.3 Å². The van der Waals surface area contributed by atoms with Crippen molar-refractivity contribution in [2.75, 3.05) is 38.0 Å². The summed E-state index contributed by atoms with van der Waals surface area (Å²) in [5.41, 5.74) is 0.593. The Labute approximate surface area is 138 Å². The maximum atomic E-state index is 12.2. The highest BCUT2D eigenvalue weighted by Gasteiger charge is 2.23. The molecule has 1 fully saturated rings. The Kier molecular flexibility index (Phi) is 6.35. The zero-order chi connectivity index (χ0) is 16.8. The monoisotopic (exact) mass is 344 g/mol. The molecule has 0 aromatic heterocycles. The van der Waals surface area contributed by atoms with E-state index in [1.165, 1.54) is 0 Å². The number of anilines is 1. The average Bonchev–Trinajstić information content (AvgIpc) is 2.49. The Morgan fingerprint density at radius 1 is 1.26 bits per heavy atom. The highest BCUT2D eigenvalue weighted by Crippen LogP contribution is 2.26. The standard InChI is InChI=1S/C15H19F2N3O2S/c1-11(21)20-8-6-19(7-9-20)10-14(22)18-12-2-4-13(5-3-12)23-15(16)17/h2-5,15H,6-10H2,1H3,(H,18,22)/p+1. The number of nitrogens with one attached hydrogen (secondary N) is 2. The summed E-state index contributed by atoms with van der Waals surface area (Å²) in [7, 11) is 0. The van der Waals surface area contributed by atoms with Gasteiger partial charge in [-0.2, -0.15) is 8.78 Å². The quantitative estimate of drug-likeness (QED) is 0.773. The van der Waals surface area contributed by atoms with E-state index < -0.39 is 5.76 Å². The summed E-state index contributed by atoms with van der Waals surface area (Å²) < 4.78 is 24.5. The molecule has 0 atom stereocenters. The maximum Gasteiger partial charge on any atom is 0.288 e. The van der Waals surface area contributed by atoms with E-state index in [0.717, 1.165) is 18.0 Å². The third kappa shape index (κ3) is 5.80. The number of carbonyl (C=O) groups is 2. The molecule has 2 amide bonds. The summed E-state index contributed by atoms with van der Waals surface area (Å²) in [6, 6.07) is 6.35. The first-order valence-corrected chi connectivity index (χ1v) is 8.26. The number of hydrogen-bond donors (Lipinski definition) is 2. The molecule has 0 aliphatic carbocycles. The van der Waals surface area contributed by atoms with Crippen LogP contribution in [0, 0.1) is 0 Å². The number of amides is 2. The number of benzene rings is 1. The highest BCUT2D eigenvalue weighted by molar-refractivity contribution is 7.99. The molecule has 2 rings (SSSR count). The van der Waals surface area contributed by atoms with Gasteiger partial charge in [0, 0.05) is 17.5 Å². The van der Waals surface area contributed by atoms with E-state index in [1.807, 2.05) is 0 Å². The molecular formula is C15H20F2N3O2S+. The van der Waals surface area contributed by atoms with Gasteiger partial charge in [-0.3, -0.25) is 9.59 Å². The minimum atomic E-state index is -2.45. The predicted octanol–water partition coefficient (Wildman–Crippen LogP) is 0.687. The largest absolute Gasteiger partial charge is 0.332 e. The molecule has 8 heteroatoms. The molecule has 0 saturated carbocycles. The number of alkyl halides is 2. The fourth-order valence-corrected chi connectivity index (χ4v) is 2.97. The Morgan fingerprint density at radius 2 is 1.87 bits per heavy atom. The topological polar surface area (TPSA) is 53.9 Å². The maximum absolute atomic E-state index is 12.2. The van der Waals surface area contributed by atoms with Crippen LogP contribution in [0.5, 0.6) is 0 Å². The van der Waals surface area contributed by atoms with Gasteiger partial charge in [0.15, 0.2) is 6.54 Å². The van der Waals surface area contributed by atoms with E-state index in [1.54, 1.807) is 36.1 Å². The molecule has 0 spiro atoms. The average molecular weight is 344 g/mol. The first-order chi connectivity index (χ1) is 10.9. The van der Waals surface area contributed by atoms with Gasteiger partial charge in [0.25, 0.3) is 11.7 Å². The van der Waals surface area contributed by atoms with Crippen molar-refractivity contribution in [2.24, 2.45) is 0 Å². The molecule has 1 aliphatic rings. The molecule has 1 aromatic carbocycles. The van der Waals surface area contributed by atoms with Gasteiger partial charge in [0.1, 0.15) is 0 Å². The molecule has 1 heterocycles. The van der Waals surface area contributed by atoms with Crippen LogP contribution in [0.25, 0.3) is 0 Å². The fraction of sp³-hybridized carbons (Fsp3) is 0.467. The van der Waals surface area contributed by atoms with Crippen molar-refractivity contribution in [3.05, 3.63) is 24.3 Å². The minimum absolute atomic E-state index is 0.0651. The Morgan fingerprint density at radius 3 is 2.39 bits per heavy atom. The number of carbonyl (C=O) groups excluding carboxylic acids is 2. The molecular weight excluding hydrogens is 324 g/mol. The third-order valence-corrected chi connectivity index (χ3v) is 4.41. The highest BCUT2D eigenvalue weighted by atomic mass is 32.2. The van der Waals surface area contributed by atoms with Crippen LogP contribution in [0.1, 0.15) is 6.92 Å². The summed E-state index contributed by atoms with van der Waals surface area (Å²) in [6.45, 7) is 4.70. The first-order valence-electron chi connectivity index (χ1n) is 7.38. The van der Waals surface area contributed by atoms with Gasteiger partial charge >= 0.3 is 0 Å². The number of thioether (sulfide) groups is 1. The van der Waals surface area contributed by atoms with Gasteiger partial charge in [0.2, 0.25) is 5.91 Å². The van der Waals surface area contributed by atoms with E-state index in [9.17, 15) is 18.4 Å². The first kappa shape index (κ1) is 17.7. The normalized spacial score (nSPS) is 15.7. The fourth-order valence-electron chi connectivity index (χ4n) is 2.47. The molecule has 126 valence electrons. The van der Waals surface area contributed by atoms with Gasteiger partial charge in [-0.1, -0.05) is 11.8 Å². The number of piperazine rings is 1. The smallest absolute Gasteiger partial charge is 0.288 e. The van der Waals surface area contributed by atoms with Crippen LogP contribution in [-0.4, -0.2) is 55.2 Å². The molecule has 23 heavy (non-hydrogen) atoms. The van der Waals surface area contributed by atoms with Crippen molar-refractivity contribution in [3.8, 4) is 0 Å². The second kappa shape index (κ2) is 8.26. The van der Waals surface area contributed by atoms with E-state index in [0.29, 0.717) is 42.0 Å². The lowest BCUT2D eigenvalue weighted by atomic mass is 10.3. The van der Waals surface area contributed by atoms with E-state index in [-0.39, 0.29) is 11.8 Å². The van der Waals surface area contributed by atoms with Crippen molar-refractivity contribution < 1.29 is 23.3 Å². The van der Waals surface area contributed by atoms with Gasteiger partial charge in [-0.25, -0.2) is 0 Å². The lowest BCUT2D eigenvalue weighted by Crippen LogP contribution is -3.15. The molecule has 1 saturated heterocycles. The van der Waals surface area contributed by atoms with E-state index in [2.05, 4.69) is 5.32 Å². The van der Waals surface area contributed by atoms with Crippen molar-refractivity contribution in [1.29, 1.82) is 0 Å². The van der Waals surface area contributed by atoms with Crippen molar-refractivity contribution in [3.63, 3.8) is 0 Å². The number of halogens is 2. The summed E-state index contributed by atoms with van der Waals surface area (Å²) in [5.74, 6) is -2.51. The number of rotatable bonds is 5. The van der Waals surface area contributed by atoms with Crippen LogP contribution in [0.4, 0.5) is 14.5 Å². The molecule has 0 bridgehead atoms. The van der Waals surface area contributed by atoms with Crippen LogP contribution in [0.2, 0.25) is 0 Å². The lowest BCUT2D eigenvalue weighted by molar-refractivity contribution is -0.895. The van der Waals surface area contributed by atoms with Crippen LogP contribution in [0.3, 0.4) is 0 Å². The summed E-state index contributed by atoms with van der Waals surface area (Å²) in [4.78, 5) is 26.6. The van der Waals surface area contributed by atoms with Gasteiger partial charge in [-0.15, -0.1) is 0 Å². The number of nitrogens with zero attached hydrogens (tertiary/aromatic N) is 1. The zero-order valence-corrected chi connectivity index (χ0v) is 13.7. The predicted molar refractivity (Wildman–Crippen MR) is 84.8 cm³/mol. The van der Waals surface area contributed by atoms with E-state index in [4.69, 9.17) is 0 Å². The second-order valence-corrected chi connectivity index (χ2v) is 6.45. The van der Waals surface area contributed by atoms with Crippen LogP contribution < -0.4 is 10.2 Å². The zero-order valence-electron chi connectivity index (χ0n) is 12.9. The van der Waals surface area contributed by atoms with Gasteiger partial charge < -0.3 is 15.1 Å². The minimum Gasteiger partial charge on any atom is -0.332 e. The SMILES string of the molecule is CC(=O)N1CC[NH+](CC(=O)Nc2ccc(SC(F)F)cc2)CC1. The van der Waals surface area contributed by atoms with Crippen molar-refractivity contribution in [1.82, 2.24) is 4.90 Å². The van der Waals surface area contributed by atoms with Crippen LogP contribution in [-0.2, 0) is 9.59 Å². The van der Waals surface area contributed by atoms with Gasteiger partial charge in [0.05, 0.1) is 26.2 Å². The summed E-state index contributed by atoms with van der Waals surface area (Å²) in [5, 5.41) is 2.77. The van der Waals surface area contributed by atoms with Crippen molar-refractivity contribution >= 4 is 29.3 Å². The lowest BCUT2D eigenvalue weighted by Gasteiger charge is -2.31. The molecule has 1 aromatic rings. The third-order valence-electron chi connectivity index (χ3n) is 3.69. The summed E-state index contributed by atoms with van der Waals surface area (Å²) in [6.07, 6.45) is 0.